The van der Waals surface area contributed by atoms with E-state index in [0.29, 0.717) is 17.8 Å². The van der Waals surface area contributed by atoms with Crippen LogP contribution in [0.25, 0.3) is 0 Å². The van der Waals surface area contributed by atoms with Crippen LogP contribution < -0.4 is 5.32 Å². The molecule has 24 heavy (non-hydrogen) atoms. The lowest BCUT2D eigenvalue weighted by atomic mass is 10.1. The summed E-state index contributed by atoms with van der Waals surface area (Å²) in [6.45, 7) is 2.90. The van der Waals surface area contributed by atoms with Crippen molar-refractivity contribution in [2.45, 2.75) is 44.3 Å². The molecule has 3 heterocycles. The summed E-state index contributed by atoms with van der Waals surface area (Å²) in [5.74, 6) is -0.101. The van der Waals surface area contributed by atoms with Gasteiger partial charge in [0, 0.05) is 31.9 Å². The van der Waals surface area contributed by atoms with Crippen LogP contribution in [0.4, 0.5) is 0 Å². The van der Waals surface area contributed by atoms with Crippen LogP contribution in [0.5, 0.6) is 0 Å². The first-order valence-electron chi connectivity index (χ1n) is 8.63. The van der Waals surface area contributed by atoms with Crippen molar-refractivity contribution in [1.29, 1.82) is 0 Å². The number of hydrogen-bond acceptors (Lipinski definition) is 5. The molecule has 1 saturated carbocycles. The summed E-state index contributed by atoms with van der Waals surface area (Å²) in [6, 6.07) is 6.70. The lowest BCUT2D eigenvalue weighted by molar-refractivity contribution is 0.0946. The first-order valence-corrected chi connectivity index (χ1v) is 8.63. The molecule has 1 aliphatic heterocycles. The van der Waals surface area contributed by atoms with Crippen LogP contribution in [0, 0.1) is 0 Å². The number of hydrogen-bond donors (Lipinski definition) is 1. The summed E-state index contributed by atoms with van der Waals surface area (Å²) in [5, 5.41) is 11.2. The van der Waals surface area contributed by atoms with E-state index in [-0.39, 0.29) is 5.91 Å². The maximum Gasteiger partial charge on any atom is 0.273 e. The number of carbonyl (C=O) groups excluding carboxylic acids is 1. The molecule has 7 heteroatoms. The molecule has 0 radical (unpaired) electrons. The lowest BCUT2D eigenvalue weighted by Crippen LogP contribution is -2.34. The van der Waals surface area contributed by atoms with Crippen molar-refractivity contribution in [1.82, 2.24) is 30.2 Å². The number of nitrogens with zero attached hydrogens (tertiary/aromatic N) is 5. The zero-order valence-electron chi connectivity index (χ0n) is 13.6. The minimum atomic E-state index is -0.101. The molecule has 126 valence electrons. The normalized spacial score (nSPS) is 19.3. The third-order valence-corrected chi connectivity index (χ3v) is 4.70. The molecule has 0 spiro atoms. The molecule has 2 fully saturated rings. The van der Waals surface area contributed by atoms with Crippen molar-refractivity contribution in [3.63, 3.8) is 0 Å². The van der Waals surface area contributed by atoms with E-state index in [9.17, 15) is 4.79 Å². The Hall–Kier alpha value is -2.28. The smallest absolute Gasteiger partial charge is 0.273 e. The van der Waals surface area contributed by atoms with Crippen LogP contribution in [-0.4, -0.2) is 49.9 Å². The first kappa shape index (κ1) is 15.3. The highest BCUT2D eigenvalue weighted by molar-refractivity contribution is 5.92. The molecule has 2 aliphatic rings. The molecule has 1 aliphatic carbocycles. The molecule has 7 nitrogen and oxygen atoms in total. The van der Waals surface area contributed by atoms with Gasteiger partial charge in [0.05, 0.1) is 17.9 Å². The summed E-state index contributed by atoms with van der Waals surface area (Å²) < 4.78 is 1.86. The van der Waals surface area contributed by atoms with Gasteiger partial charge in [-0.3, -0.25) is 14.7 Å². The predicted octanol–water partition coefficient (Wildman–Crippen LogP) is 1.40. The highest BCUT2D eigenvalue weighted by Crippen LogP contribution is 2.23. The number of nitrogens with one attached hydrogen (secondary N) is 1. The Balaban J connectivity index is 1.31. The van der Waals surface area contributed by atoms with Crippen molar-refractivity contribution in [3.05, 3.63) is 42.0 Å². The molecular formula is C17H22N6O. The van der Waals surface area contributed by atoms with E-state index in [1.807, 2.05) is 23.0 Å². The highest BCUT2D eigenvalue weighted by Gasteiger charge is 2.26. The van der Waals surface area contributed by atoms with Gasteiger partial charge in [0.25, 0.3) is 5.91 Å². The highest BCUT2D eigenvalue weighted by atomic mass is 16.2. The van der Waals surface area contributed by atoms with Gasteiger partial charge in [0.1, 0.15) is 0 Å². The summed E-state index contributed by atoms with van der Waals surface area (Å²) in [6.07, 6.45) is 7.81. The monoisotopic (exact) mass is 326 g/mol. The number of amides is 1. The van der Waals surface area contributed by atoms with Crippen molar-refractivity contribution >= 4 is 5.91 Å². The second-order valence-electron chi connectivity index (χ2n) is 6.66. The van der Waals surface area contributed by atoms with Gasteiger partial charge in [-0.25, -0.2) is 4.68 Å². The third kappa shape index (κ3) is 3.62. The van der Waals surface area contributed by atoms with E-state index in [1.165, 1.54) is 0 Å². The van der Waals surface area contributed by atoms with E-state index in [1.54, 1.807) is 6.20 Å². The van der Waals surface area contributed by atoms with Crippen LogP contribution in [0.2, 0.25) is 0 Å². The minimum absolute atomic E-state index is 0.101. The fourth-order valence-corrected chi connectivity index (χ4v) is 3.11. The topological polar surface area (TPSA) is 75.9 Å². The van der Waals surface area contributed by atoms with Crippen molar-refractivity contribution in [2.75, 3.05) is 13.1 Å². The summed E-state index contributed by atoms with van der Waals surface area (Å²) in [4.78, 5) is 18.8. The summed E-state index contributed by atoms with van der Waals surface area (Å²) in [7, 11) is 0. The largest absolute Gasteiger partial charge is 0.348 e. The molecule has 1 N–H and O–H groups in total. The molecule has 2 aromatic rings. The average molecular weight is 326 g/mol. The van der Waals surface area contributed by atoms with Gasteiger partial charge in [-0.2, -0.15) is 0 Å². The van der Waals surface area contributed by atoms with Crippen LogP contribution in [0.15, 0.2) is 30.6 Å². The van der Waals surface area contributed by atoms with E-state index in [0.717, 1.165) is 51.0 Å². The molecule has 0 unspecified atom stereocenters. The summed E-state index contributed by atoms with van der Waals surface area (Å²) >= 11 is 0. The number of piperidine rings is 1. The molecule has 0 aromatic carbocycles. The number of carbonyl (C=O) groups is 1. The number of pyridine rings is 1. The van der Waals surface area contributed by atoms with Crippen LogP contribution in [0.3, 0.4) is 0 Å². The maximum absolute atomic E-state index is 12.0. The zero-order chi connectivity index (χ0) is 16.4. The van der Waals surface area contributed by atoms with Crippen molar-refractivity contribution in [3.8, 4) is 0 Å². The van der Waals surface area contributed by atoms with Crippen LogP contribution in [0.1, 0.15) is 47.9 Å². The Kier molecular flexibility index (Phi) is 4.25. The Bertz CT molecular complexity index is 688. The lowest BCUT2D eigenvalue weighted by Gasteiger charge is -2.31. The fraction of sp³-hybridized carbons (Fsp3) is 0.529. The summed E-state index contributed by atoms with van der Waals surface area (Å²) in [5.41, 5.74) is 1.54. The van der Waals surface area contributed by atoms with Crippen LogP contribution in [-0.2, 0) is 6.54 Å². The Morgan fingerprint density at radius 1 is 1.21 bits per heavy atom. The standard InChI is InChI=1S/C17H22N6O/c24-17(19-13-4-5-13)16-12-23(21-20-16)15-6-9-22(10-7-15)11-14-3-1-2-8-18-14/h1-3,8,12-13,15H,4-7,9-11H2,(H,19,24). The van der Waals surface area contributed by atoms with Gasteiger partial charge in [-0.05, 0) is 37.8 Å². The van der Waals surface area contributed by atoms with Crippen molar-refractivity contribution in [2.24, 2.45) is 0 Å². The van der Waals surface area contributed by atoms with Gasteiger partial charge in [0.2, 0.25) is 0 Å². The van der Waals surface area contributed by atoms with E-state index in [2.05, 4.69) is 31.6 Å². The average Bonchev–Trinajstić information content (AvgIpc) is 3.28. The van der Waals surface area contributed by atoms with Gasteiger partial charge in [-0.1, -0.05) is 11.3 Å². The molecule has 0 atom stereocenters. The first-order chi connectivity index (χ1) is 11.8. The minimum Gasteiger partial charge on any atom is -0.348 e. The molecule has 1 amide bonds. The molecule has 0 bridgehead atoms. The quantitative estimate of drug-likeness (QED) is 0.899. The Morgan fingerprint density at radius 2 is 2.04 bits per heavy atom. The number of aromatic nitrogens is 4. The van der Waals surface area contributed by atoms with E-state index < -0.39 is 0 Å². The fourth-order valence-electron chi connectivity index (χ4n) is 3.11. The van der Waals surface area contributed by atoms with Crippen molar-refractivity contribution < 1.29 is 4.79 Å². The van der Waals surface area contributed by atoms with Gasteiger partial charge in [0.15, 0.2) is 5.69 Å². The van der Waals surface area contributed by atoms with E-state index >= 15 is 0 Å². The zero-order valence-corrected chi connectivity index (χ0v) is 13.6. The SMILES string of the molecule is O=C(NC1CC1)c1cn(C2CCN(Cc3ccccn3)CC2)nn1. The maximum atomic E-state index is 12.0. The van der Waals surface area contributed by atoms with E-state index in [4.69, 9.17) is 0 Å². The molecule has 4 rings (SSSR count). The van der Waals surface area contributed by atoms with Gasteiger partial charge < -0.3 is 5.32 Å². The predicted molar refractivity (Wildman–Crippen MR) is 88.3 cm³/mol. The molecule has 2 aromatic heterocycles. The second kappa shape index (κ2) is 6.68. The number of likely N-dealkylation sites (tertiary alicyclic amines) is 1. The third-order valence-electron chi connectivity index (χ3n) is 4.70. The van der Waals surface area contributed by atoms with Gasteiger partial charge >= 0.3 is 0 Å². The Morgan fingerprint density at radius 3 is 2.75 bits per heavy atom. The Labute approximate surface area is 141 Å². The second-order valence-corrected chi connectivity index (χ2v) is 6.66. The molecular weight excluding hydrogens is 304 g/mol. The molecule has 1 saturated heterocycles. The number of rotatable bonds is 5. The van der Waals surface area contributed by atoms with Gasteiger partial charge in [-0.15, -0.1) is 5.10 Å². The van der Waals surface area contributed by atoms with Crippen LogP contribution >= 0.6 is 0 Å².